The van der Waals surface area contributed by atoms with Crippen LogP contribution in [0.5, 0.6) is 0 Å². The van der Waals surface area contributed by atoms with Gasteiger partial charge >= 0.3 is 0 Å². The number of aromatic nitrogens is 3. The average Bonchev–Trinajstić information content (AvgIpc) is 2.71. The zero-order chi connectivity index (χ0) is 21.4. The molecule has 2 aromatic heterocycles. The maximum atomic E-state index is 12.1. The highest BCUT2D eigenvalue weighted by molar-refractivity contribution is 7.92. The number of sulfonamides is 1. The van der Waals surface area contributed by atoms with Gasteiger partial charge in [0.25, 0.3) is 0 Å². The van der Waals surface area contributed by atoms with E-state index in [4.69, 9.17) is 0 Å². The summed E-state index contributed by atoms with van der Waals surface area (Å²) in [6.45, 7) is 4.35. The Morgan fingerprint density at radius 2 is 1.70 bits per heavy atom. The highest BCUT2D eigenvalue weighted by atomic mass is 32.2. The molecule has 0 unspecified atom stereocenters. The van der Waals surface area contributed by atoms with E-state index in [1.54, 1.807) is 25.3 Å². The first-order valence-electron chi connectivity index (χ1n) is 9.42. The lowest BCUT2D eigenvalue weighted by molar-refractivity contribution is 0.592. The average molecular weight is 425 g/mol. The standard InChI is InChI=1S/C21H24N6O2S/c1-16-6-8-18(9-7-16)10-14-30(28,29)24-13-12-23-20-15-21(26-17(2)25-20)27-19-5-3-4-11-22-19/h3-11,14-15,24H,12-13H2,1-2H3,(H2,22,23,25,26,27)/b14-10+. The molecule has 3 N–H and O–H groups in total. The van der Waals surface area contributed by atoms with Crippen molar-refractivity contribution in [2.45, 2.75) is 13.8 Å². The van der Waals surface area contributed by atoms with Crippen molar-refractivity contribution < 1.29 is 8.42 Å². The van der Waals surface area contributed by atoms with E-state index in [2.05, 4.69) is 30.3 Å². The first-order valence-corrected chi connectivity index (χ1v) is 11.0. The van der Waals surface area contributed by atoms with Crippen LogP contribution in [-0.4, -0.2) is 36.5 Å². The number of nitrogens with zero attached hydrogens (tertiary/aromatic N) is 3. The lowest BCUT2D eigenvalue weighted by Gasteiger charge is -2.10. The van der Waals surface area contributed by atoms with Crippen LogP contribution >= 0.6 is 0 Å². The third kappa shape index (κ3) is 6.94. The minimum absolute atomic E-state index is 0.215. The minimum atomic E-state index is -3.53. The summed E-state index contributed by atoms with van der Waals surface area (Å²) < 4.78 is 26.8. The Hall–Kier alpha value is -3.30. The van der Waals surface area contributed by atoms with Crippen LogP contribution in [0.15, 0.2) is 60.1 Å². The zero-order valence-corrected chi connectivity index (χ0v) is 17.6. The summed E-state index contributed by atoms with van der Waals surface area (Å²) in [5.74, 6) is 2.45. The first kappa shape index (κ1) is 21.4. The Labute approximate surface area is 176 Å². The molecule has 1 aromatic carbocycles. The number of hydrogen-bond acceptors (Lipinski definition) is 7. The molecule has 0 fully saturated rings. The van der Waals surface area contributed by atoms with E-state index in [1.807, 2.05) is 49.4 Å². The van der Waals surface area contributed by atoms with Gasteiger partial charge in [0.2, 0.25) is 10.0 Å². The molecule has 3 rings (SSSR count). The number of pyridine rings is 1. The Kier molecular flexibility index (Phi) is 7.10. The maximum Gasteiger partial charge on any atom is 0.233 e. The molecular formula is C21H24N6O2S. The van der Waals surface area contributed by atoms with Gasteiger partial charge in [0.05, 0.1) is 0 Å². The van der Waals surface area contributed by atoms with Crippen molar-refractivity contribution in [3.05, 3.63) is 77.1 Å². The third-order valence-electron chi connectivity index (χ3n) is 4.01. The van der Waals surface area contributed by atoms with Crippen molar-refractivity contribution in [2.24, 2.45) is 0 Å². The number of anilines is 3. The number of benzene rings is 1. The maximum absolute atomic E-state index is 12.1. The summed E-state index contributed by atoms with van der Waals surface area (Å²) in [5.41, 5.74) is 1.95. The molecule has 0 saturated carbocycles. The number of aryl methyl sites for hydroxylation is 2. The lowest BCUT2D eigenvalue weighted by Crippen LogP contribution is -2.27. The molecule has 0 aliphatic heterocycles. The number of nitrogens with one attached hydrogen (secondary N) is 3. The fourth-order valence-corrected chi connectivity index (χ4v) is 3.39. The summed E-state index contributed by atoms with van der Waals surface area (Å²) in [7, 11) is -3.53. The molecule has 0 aliphatic carbocycles. The van der Waals surface area contributed by atoms with E-state index in [9.17, 15) is 8.42 Å². The van der Waals surface area contributed by atoms with Crippen LogP contribution in [0.1, 0.15) is 17.0 Å². The molecule has 0 radical (unpaired) electrons. The van der Waals surface area contributed by atoms with E-state index in [0.29, 0.717) is 29.8 Å². The van der Waals surface area contributed by atoms with Crippen LogP contribution in [0, 0.1) is 13.8 Å². The van der Waals surface area contributed by atoms with Crippen molar-refractivity contribution in [3.63, 3.8) is 0 Å². The molecule has 0 aliphatic rings. The second-order valence-electron chi connectivity index (χ2n) is 6.61. The second kappa shape index (κ2) is 9.95. The predicted octanol–water partition coefficient (Wildman–Crippen LogP) is 3.23. The number of rotatable bonds is 9. The van der Waals surface area contributed by atoms with Crippen molar-refractivity contribution in [1.82, 2.24) is 19.7 Å². The molecule has 0 amide bonds. The number of hydrogen-bond donors (Lipinski definition) is 3. The van der Waals surface area contributed by atoms with Gasteiger partial charge in [0, 0.05) is 30.8 Å². The second-order valence-corrected chi connectivity index (χ2v) is 8.26. The molecule has 0 atom stereocenters. The van der Waals surface area contributed by atoms with Crippen LogP contribution in [0.25, 0.3) is 6.08 Å². The Morgan fingerprint density at radius 1 is 0.933 bits per heavy atom. The van der Waals surface area contributed by atoms with E-state index in [0.717, 1.165) is 11.1 Å². The molecule has 2 heterocycles. The summed E-state index contributed by atoms with van der Waals surface area (Å²) in [5, 5.41) is 7.38. The molecule has 30 heavy (non-hydrogen) atoms. The lowest BCUT2D eigenvalue weighted by atomic mass is 10.2. The quantitative estimate of drug-likeness (QED) is 0.453. The van der Waals surface area contributed by atoms with E-state index in [-0.39, 0.29) is 6.54 Å². The molecular weight excluding hydrogens is 400 g/mol. The van der Waals surface area contributed by atoms with Gasteiger partial charge in [0.15, 0.2) is 0 Å². The SMILES string of the molecule is Cc1ccc(/C=C/S(=O)(=O)NCCNc2cc(Nc3ccccn3)nc(C)n2)cc1. The summed E-state index contributed by atoms with van der Waals surface area (Å²) in [6.07, 6.45) is 3.26. The normalized spacial score (nSPS) is 11.5. The van der Waals surface area contributed by atoms with Crippen LogP contribution in [0.3, 0.4) is 0 Å². The van der Waals surface area contributed by atoms with Crippen LogP contribution in [0.2, 0.25) is 0 Å². The van der Waals surface area contributed by atoms with E-state index >= 15 is 0 Å². The molecule has 8 nitrogen and oxygen atoms in total. The molecule has 9 heteroatoms. The van der Waals surface area contributed by atoms with Crippen LogP contribution in [0.4, 0.5) is 17.5 Å². The van der Waals surface area contributed by atoms with E-state index in [1.165, 1.54) is 5.41 Å². The van der Waals surface area contributed by atoms with Gasteiger partial charge in [-0.15, -0.1) is 0 Å². The van der Waals surface area contributed by atoms with Crippen molar-refractivity contribution in [1.29, 1.82) is 0 Å². The van der Waals surface area contributed by atoms with Gasteiger partial charge in [-0.1, -0.05) is 35.9 Å². The predicted molar refractivity (Wildman–Crippen MR) is 120 cm³/mol. The van der Waals surface area contributed by atoms with Gasteiger partial charge < -0.3 is 10.6 Å². The molecule has 0 saturated heterocycles. The minimum Gasteiger partial charge on any atom is -0.369 e. The van der Waals surface area contributed by atoms with Gasteiger partial charge in [0.1, 0.15) is 23.3 Å². The van der Waals surface area contributed by atoms with E-state index < -0.39 is 10.0 Å². The molecule has 0 spiro atoms. The van der Waals surface area contributed by atoms with Crippen LogP contribution in [-0.2, 0) is 10.0 Å². The monoisotopic (exact) mass is 424 g/mol. The van der Waals surface area contributed by atoms with Gasteiger partial charge in [-0.05, 0) is 37.6 Å². The Bertz CT molecular complexity index is 1100. The van der Waals surface area contributed by atoms with Crippen molar-refractivity contribution in [3.8, 4) is 0 Å². The van der Waals surface area contributed by atoms with Gasteiger partial charge in [-0.2, -0.15) is 0 Å². The molecule has 0 bridgehead atoms. The van der Waals surface area contributed by atoms with Crippen LogP contribution < -0.4 is 15.4 Å². The highest BCUT2D eigenvalue weighted by Crippen LogP contribution is 2.15. The fourth-order valence-electron chi connectivity index (χ4n) is 2.57. The van der Waals surface area contributed by atoms with Gasteiger partial charge in [-0.25, -0.2) is 28.1 Å². The third-order valence-corrected chi connectivity index (χ3v) is 5.11. The largest absolute Gasteiger partial charge is 0.369 e. The van der Waals surface area contributed by atoms with Gasteiger partial charge in [-0.3, -0.25) is 0 Å². The van der Waals surface area contributed by atoms with Crippen molar-refractivity contribution >= 4 is 33.6 Å². The molecule has 3 aromatic rings. The topological polar surface area (TPSA) is 109 Å². The zero-order valence-electron chi connectivity index (χ0n) is 16.8. The van der Waals surface area contributed by atoms with Crippen molar-refractivity contribution in [2.75, 3.05) is 23.7 Å². The summed E-state index contributed by atoms with van der Waals surface area (Å²) >= 11 is 0. The molecule has 156 valence electrons. The first-order chi connectivity index (χ1) is 14.4. The summed E-state index contributed by atoms with van der Waals surface area (Å²) in [4.78, 5) is 12.9. The Morgan fingerprint density at radius 3 is 2.43 bits per heavy atom. The summed E-state index contributed by atoms with van der Waals surface area (Å²) in [6, 6.07) is 14.9. The Balaban J connectivity index is 1.51. The smallest absolute Gasteiger partial charge is 0.233 e. The fraction of sp³-hybridized carbons (Fsp3) is 0.190. The highest BCUT2D eigenvalue weighted by Gasteiger charge is 2.06.